The molecule has 2 aliphatic rings. The highest BCUT2D eigenvalue weighted by Crippen LogP contribution is 2.35. The first-order chi connectivity index (χ1) is 12.6. The number of benzene rings is 1. The Morgan fingerprint density at radius 2 is 1.92 bits per heavy atom. The van der Waals surface area contributed by atoms with Crippen LogP contribution in [0.4, 0.5) is 0 Å². The molecule has 3 heterocycles. The summed E-state index contributed by atoms with van der Waals surface area (Å²) < 4.78 is 27.6. The van der Waals surface area contributed by atoms with E-state index in [4.69, 9.17) is 0 Å². The molecular formula is C18H22N4O3S. The van der Waals surface area contributed by atoms with Crippen LogP contribution in [-0.4, -0.2) is 58.6 Å². The van der Waals surface area contributed by atoms with Gasteiger partial charge in [0.2, 0.25) is 10.0 Å². The van der Waals surface area contributed by atoms with Gasteiger partial charge < -0.3 is 4.90 Å². The van der Waals surface area contributed by atoms with Gasteiger partial charge in [-0.25, -0.2) is 8.42 Å². The van der Waals surface area contributed by atoms with E-state index in [2.05, 4.69) is 10.2 Å². The van der Waals surface area contributed by atoms with E-state index in [1.165, 1.54) is 0 Å². The van der Waals surface area contributed by atoms with E-state index in [1.54, 1.807) is 21.5 Å². The molecule has 1 aromatic carbocycles. The quantitative estimate of drug-likeness (QED) is 0.882. The van der Waals surface area contributed by atoms with Gasteiger partial charge in [0.15, 0.2) is 0 Å². The third-order valence-corrected chi connectivity index (χ3v) is 7.76. The smallest absolute Gasteiger partial charge is 0.271 e. The maximum absolute atomic E-state index is 13.0. The first-order valence-electron chi connectivity index (χ1n) is 8.87. The van der Waals surface area contributed by atoms with Gasteiger partial charge in [-0.15, -0.1) is 0 Å². The lowest BCUT2D eigenvalue weighted by atomic mass is 10.0. The average molecular weight is 374 g/mol. The van der Waals surface area contributed by atoms with Crippen LogP contribution in [0.3, 0.4) is 0 Å². The fraction of sp³-hybridized carbons (Fsp3) is 0.444. The van der Waals surface area contributed by atoms with Crippen molar-refractivity contribution in [1.82, 2.24) is 19.4 Å². The minimum absolute atomic E-state index is 0.0725. The van der Waals surface area contributed by atoms with Crippen molar-refractivity contribution in [2.24, 2.45) is 5.92 Å². The number of aromatic nitrogens is 2. The summed E-state index contributed by atoms with van der Waals surface area (Å²) in [6, 6.07) is 11.3. The molecule has 2 aromatic rings. The van der Waals surface area contributed by atoms with Crippen LogP contribution in [0.1, 0.15) is 28.9 Å². The van der Waals surface area contributed by atoms with E-state index in [-0.39, 0.29) is 11.8 Å². The Bertz CT molecular complexity index is 867. The number of nitrogens with one attached hydrogen (secondary N) is 1. The Morgan fingerprint density at radius 1 is 1.15 bits per heavy atom. The Labute approximate surface area is 153 Å². The first kappa shape index (κ1) is 17.2. The number of fused-ring (bicyclic) bond motifs is 1. The second-order valence-electron chi connectivity index (χ2n) is 6.96. The van der Waals surface area contributed by atoms with Crippen molar-refractivity contribution >= 4 is 15.9 Å². The van der Waals surface area contributed by atoms with Crippen LogP contribution in [-0.2, 0) is 16.6 Å². The van der Waals surface area contributed by atoms with Gasteiger partial charge in [0.05, 0.1) is 5.25 Å². The standard InChI is InChI=1S/C18H22N4O3S/c23-18(16-6-9-19-20-16)21-10-7-15-13-22(12-14-4-2-1-3-5-14)26(24,25)17(15)8-11-21/h1-6,9,15,17H,7-8,10-13H2,(H,19,20)/t15-,17-/m1/s1. The van der Waals surface area contributed by atoms with Gasteiger partial charge in [0.1, 0.15) is 5.69 Å². The minimum atomic E-state index is -3.34. The van der Waals surface area contributed by atoms with Crippen molar-refractivity contribution in [3.8, 4) is 0 Å². The maximum atomic E-state index is 13.0. The molecule has 2 saturated heterocycles. The Balaban J connectivity index is 1.47. The third kappa shape index (κ3) is 3.14. The number of likely N-dealkylation sites (tertiary alicyclic amines) is 1. The van der Waals surface area contributed by atoms with Crippen molar-refractivity contribution in [3.63, 3.8) is 0 Å². The SMILES string of the molecule is O=C(c1ccn[nH]1)N1CC[C@@H]2CN(Cc3ccccc3)S(=O)(=O)[C@@H]2CC1. The lowest BCUT2D eigenvalue weighted by molar-refractivity contribution is 0.0753. The molecule has 7 nitrogen and oxygen atoms in total. The molecule has 26 heavy (non-hydrogen) atoms. The number of hydrogen-bond acceptors (Lipinski definition) is 4. The molecule has 2 aliphatic heterocycles. The molecule has 0 aliphatic carbocycles. The minimum Gasteiger partial charge on any atom is -0.337 e. The monoisotopic (exact) mass is 374 g/mol. The van der Waals surface area contributed by atoms with Crippen molar-refractivity contribution in [3.05, 3.63) is 53.9 Å². The molecule has 2 fully saturated rings. The number of nitrogens with zero attached hydrogens (tertiary/aromatic N) is 3. The Kier molecular flexibility index (Phi) is 4.54. The molecule has 0 bridgehead atoms. The Morgan fingerprint density at radius 3 is 2.65 bits per heavy atom. The molecule has 1 amide bonds. The number of rotatable bonds is 3. The number of amides is 1. The van der Waals surface area contributed by atoms with E-state index in [0.29, 0.717) is 44.7 Å². The van der Waals surface area contributed by atoms with E-state index in [0.717, 1.165) is 5.56 Å². The topological polar surface area (TPSA) is 86.4 Å². The van der Waals surface area contributed by atoms with Gasteiger partial charge in [-0.2, -0.15) is 9.40 Å². The lowest BCUT2D eigenvalue weighted by Gasteiger charge is -2.21. The number of aromatic amines is 1. The second kappa shape index (κ2) is 6.85. The van der Waals surface area contributed by atoms with E-state index in [9.17, 15) is 13.2 Å². The molecule has 8 heteroatoms. The van der Waals surface area contributed by atoms with E-state index < -0.39 is 15.3 Å². The molecule has 0 spiro atoms. The van der Waals surface area contributed by atoms with Crippen LogP contribution < -0.4 is 0 Å². The molecule has 1 aromatic heterocycles. The van der Waals surface area contributed by atoms with Crippen molar-refractivity contribution in [2.45, 2.75) is 24.6 Å². The van der Waals surface area contributed by atoms with Gasteiger partial charge >= 0.3 is 0 Å². The fourth-order valence-electron chi connectivity index (χ4n) is 3.99. The van der Waals surface area contributed by atoms with Gasteiger partial charge in [-0.1, -0.05) is 30.3 Å². The Hall–Kier alpha value is -2.19. The van der Waals surface area contributed by atoms with Gasteiger partial charge in [-0.05, 0) is 30.4 Å². The average Bonchev–Trinajstić information content (AvgIpc) is 3.18. The number of H-pyrrole nitrogens is 1. The third-order valence-electron chi connectivity index (χ3n) is 5.38. The summed E-state index contributed by atoms with van der Waals surface area (Å²) in [4.78, 5) is 14.2. The van der Waals surface area contributed by atoms with E-state index >= 15 is 0 Å². The summed E-state index contributed by atoms with van der Waals surface area (Å²) in [6.07, 6.45) is 2.74. The highest BCUT2D eigenvalue weighted by molar-refractivity contribution is 7.90. The fourth-order valence-corrected chi connectivity index (χ4v) is 6.21. The summed E-state index contributed by atoms with van der Waals surface area (Å²) in [6.45, 7) is 1.99. The van der Waals surface area contributed by atoms with Crippen LogP contribution >= 0.6 is 0 Å². The molecule has 0 saturated carbocycles. The molecular weight excluding hydrogens is 352 g/mol. The van der Waals surface area contributed by atoms with Crippen molar-refractivity contribution < 1.29 is 13.2 Å². The van der Waals surface area contributed by atoms with Crippen LogP contribution in [0.25, 0.3) is 0 Å². The summed E-state index contributed by atoms with van der Waals surface area (Å²) >= 11 is 0. The summed E-state index contributed by atoms with van der Waals surface area (Å²) in [7, 11) is -3.34. The van der Waals surface area contributed by atoms with Crippen LogP contribution in [0.15, 0.2) is 42.6 Å². The molecule has 0 radical (unpaired) electrons. The molecule has 1 N–H and O–H groups in total. The molecule has 2 atom stereocenters. The predicted octanol–water partition coefficient (Wildman–Crippen LogP) is 1.48. The second-order valence-corrected chi connectivity index (χ2v) is 9.11. The number of carbonyl (C=O) groups is 1. The highest BCUT2D eigenvalue weighted by Gasteiger charge is 2.47. The van der Waals surface area contributed by atoms with Crippen LogP contribution in [0.2, 0.25) is 0 Å². The first-order valence-corrected chi connectivity index (χ1v) is 10.4. The molecule has 4 rings (SSSR count). The largest absolute Gasteiger partial charge is 0.337 e. The molecule has 138 valence electrons. The van der Waals surface area contributed by atoms with Gasteiger partial charge in [0.25, 0.3) is 5.91 Å². The number of sulfonamides is 1. The van der Waals surface area contributed by atoms with Crippen LogP contribution in [0, 0.1) is 5.92 Å². The summed E-state index contributed by atoms with van der Waals surface area (Å²) in [5, 5.41) is 6.11. The van der Waals surface area contributed by atoms with Gasteiger partial charge in [0, 0.05) is 32.4 Å². The van der Waals surface area contributed by atoms with Crippen molar-refractivity contribution in [2.75, 3.05) is 19.6 Å². The summed E-state index contributed by atoms with van der Waals surface area (Å²) in [5.74, 6) is -0.0377. The predicted molar refractivity (Wildman–Crippen MR) is 96.8 cm³/mol. The zero-order valence-corrected chi connectivity index (χ0v) is 15.2. The normalized spacial score (nSPS) is 25.6. The molecule has 0 unspecified atom stereocenters. The van der Waals surface area contributed by atoms with E-state index in [1.807, 2.05) is 30.3 Å². The zero-order chi connectivity index (χ0) is 18.1. The zero-order valence-electron chi connectivity index (χ0n) is 14.4. The maximum Gasteiger partial charge on any atom is 0.271 e. The van der Waals surface area contributed by atoms with Crippen molar-refractivity contribution in [1.29, 1.82) is 0 Å². The van der Waals surface area contributed by atoms with Crippen LogP contribution in [0.5, 0.6) is 0 Å². The summed E-state index contributed by atoms with van der Waals surface area (Å²) in [5.41, 5.74) is 1.45. The van der Waals surface area contributed by atoms with Gasteiger partial charge in [-0.3, -0.25) is 9.89 Å². The number of hydrogen-bond donors (Lipinski definition) is 1. The number of carbonyl (C=O) groups excluding carboxylic acids is 1. The highest BCUT2D eigenvalue weighted by atomic mass is 32.2. The lowest BCUT2D eigenvalue weighted by Crippen LogP contribution is -2.34.